The van der Waals surface area contributed by atoms with Gasteiger partial charge in [-0.1, -0.05) is 0 Å². The fraction of sp³-hybridized carbons (Fsp3) is 0.917. The summed E-state index contributed by atoms with van der Waals surface area (Å²) in [7, 11) is 2.10. The fourth-order valence-corrected chi connectivity index (χ4v) is 3.56. The van der Waals surface area contributed by atoms with Crippen molar-refractivity contribution in [1.82, 2.24) is 15.1 Å². The number of hydrogen-bond donors (Lipinski definition) is 1. The van der Waals surface area contributed by atoms with Gasteiger partial charge in [0, 0.05) is 32.2 Å². The Morgan fingerprint density at radius 1 is 1.35 bits per heavy atom. The Hall–Kier alpha value is -0.260. The highest BCUT2D eigenvalue weighted by atomic mass is 32.2. The SMILES string of the molecule is CN(CC(=O)N1CCNCC1)C1CCSCC1. The van der Waals surface area contributed by atoms with Gasteiger partial charge >= 0.3 is 0 Å². The summed E-state index contributed by atoms with van der Waals surface area (Å²) in [4.78, 5) is 16.3. The quantitative estimate of drug-likeness (QED) is 0.786. The van der Waals surface area contributed by atoms with E-state index in [1.807, 2.05) is 16.7 Å². The highest BCUT2D eigenvalue weighted by Gasteiger charge is 2.23. The maximum atomic E-state index is 12.1. The standard InChI is InChI=1S/C12H23N3OS/c1-14(11-2-8-17-9-3-11)10-12(16)15-6-4-13-5-7-15/h11,13H,2-10H2,1H3. The van der Waals surface area contributed by atoms with Crippen molar-refractivity contribution in [3.63, 3.8) is 0 Å². The van der Waals surface area contributed by atoms with Crippen molar-refractivity contribution in [2.45, 2.75) is 18.9 Å². The number of rotatable bonds is 3. The van der Waals surface area contributed by atoms with Crippen LogP contribution in [0.4, 0.5) is 0 Å². The van der Waals surface area contributed by atoms with Crippen molar-refractivity contribution in [3.05, 3.63) is 0 Å². The lowest BCUT2D eigenvalue weighted by atomic mass is 10.1. The topological polar surface area (TPSA) is 35.6 Å². The minimum atomic E-state index is 0.298. The third-order valence-electron chi connectivity index (χ3n) is 3.67. The molecule has 0 bridgehead atoms. The van der Waals surface area contributed by atoms with Crippen LogP contribution in [-0.2, 0) is 4.79 Å². The maximum Gasteiger partial charge on any atom is 0.236 e. The van der Waals surface area contributed by atoms with Gasteiger partial charge in [-0.3, -0.25) is 9.69 Å². The summed E-state index contributed by atoms with van der Waals surface area (Å²) in [6, 6.07) is 0.614. The van der Waals surface area contributed by atoms with Crippen LogP contribution in [0.3, 0.4) is 0 Å². The predicted molar refractivity (Wildman–Crippen MR) is 72.4 cm³/mol. The predicted octanol–water partition coefficient (Wildman–Crippen LogP) is 0.246. The third kappa shape index (κ3) is 3.86. The maximum absolute atomic E-state index is 12.1. The number of carbonyl (C=O) groups excluding carboxylic acids is 1. The van der Waals surface area contributed by atoms with Crippen molar-refractivity contribution in [2.75, 3.05) is 51.3 Å². The third-order valence-corrected chi connectivity index (χ3v) is 4.72. The smallest absolute Gasteiger partial charge is 0.236 e. The summed E-state index contributed by atoms with van der Waals surface area (Å²) in [5.74, 6) is 2.79. The summed E-state index contributed by atoms with van der Waals surface area (Å²) in [5.41, 5.74) is 0. The van der Waals surface area contributed by atoms with Crippen LogP contribution in [0.2, 0.25) is 0 Å². The molecule has 2 aliphatic heterocycles. The summed E-state index contributed by atoms with van der Waals surface area (Å²) < 4.78 is 0. The van der Waals surface area contributed by atoms with E-state index >= 15 is 0 Å². The molecule has 2 fully saturated rings. The van der Waals surface area contributed by atoms with Crippen LogP contribution in [0.25, 0.3) is 0 Å². The minimum Gasteiger partial charge on any atom is -0.339 e. The highest BCUT2D eigenvalue weighted by molar-refractivity contribution is 7.99. The molecule has 0 aromatic heterocycles. The molecule has 1 N–H and O–H groups in total. The number of piperazine rings is 1. The van der Waals surface area contributed by atoms with Crippen LogP contribution in [0.15, 0.2) is 0 Å². The average Bonchev–Trinajstić information content (AvgIpc) is 2.40. The van der Waals surface area contributed by atoms with Crippen molar-refractivity contribution in [2.24, 2.45) is 0 Å². The number of thioether (sulfide) groups is 1. The second-order valence-corrected chi connectivity index (χ2v) is 6.11. The average molecular weight is 257 g/mol. The molecule has 2 aliphatic rings. The van der Waals surface area contributed by atoms with E-state index in [1.165, 1.54) is 24.3 Å². The molecule has 2 heterocycles. The number of likely N-dealkylation sites (N-methyl/N-ethyl adjacent to an activating group) is 1. The van der Waals surface area contributed by atoms with E-state index in [4.69, 9.17) is 0 Å². The molecule has 0 aliphatic carbocycles. The van der Waals surface area contributed by atoms with E-state index < -0.39 is 0 Å². The Morgan fingerprint density at radius 2 is 2.00 bits per heavy atom. The summed E-state index contributed by atoms with van der Waals surface area (Å²) in [6.07, 6.45) is 2.46. The minimum absolute atomic E-state index is 0.298. The molecule has 0 radical (unpaired) electrons. The lowest BCUT2D eigenvalue weighted by molar-refractivity contribution is -0.133. The van der Waals surface area contributed by atoms with Crippen LogP contribution >= 0.6 is 11.8 Å². The van der Waals surface area contributed by atoms with Crippen LogP contribution in [-0.4, -0.2) is 73.0 Å². The Bertz CT molecular complexity index is 250. The largest absolute Gasteiger partial charge is 0.339 e. The molecule has 1 amide bonds. The first kappa shape index (κ1) is 13.2. The van der Waals surface area contributed by atoms with E-state index in [-0.39, 0.29) is 0 Å². The van der Waals surface area contributed by atoms with Crippen molar-refractivity contribution < 1.29 is 4.79 Å². The second kappa shape index (κ2) is 6.61. The fourth-order valence-electron chi connectivity index (χ4n) is 2.48. The van der Waals surface area contributed by atoms with Crippen molar-refractivity contribution >= 4 is 17.7 Å². The molecule has 0 unspecified atom stereocenters. The molecule has 98 valence electrons. The normalized spacial score (nSPS) is 23.1. The number of carbonyl (C=O) groups is 1. The van der Waals surface area contributed by atoms with Crippen LogP contribution in [0, 0.1) is 0 Å². The molecule has 4 nitrogen and oxygen atoms in total. The Labute approximate surface area is 108 Å². The van der Waals surface area contributed by atoms with E-state index in [9.17, 15) is 4.79 Å². The molecule has 0 aromatic rings. The molecule has 0 spiro atoms. The van der Waals surface area contributed by atoms with E-state index in [0.29, 0.717) is 18.5 Å². The zero-order chi connectivity index (χ0) is 12.1. The molecular formula is C12H23N3OS. The zero-order valence-electron chi connectivity index (χ0n) is 10.7. The monoisotopic (exact) mass is 257 g/mol. The van der Waals surface area contributed by atoms with Crippen LogP contribution < -0.4 is 5.32 Å². The first-order valence-electron chi connectivity index (χ1n) is 6.54. The second-order valence-electron chi connectivity index (χ2n) is 4.89. The molecule has 2 rings (SSSR count). The number of amides is 1. The lowest BCUT2D eigenvalue weighted by Crippen LogP contribution is -2.50. The van der Waals surface area contributed by atoms with Gasteiger partial charge in [-0.15, -0.1) is 0 Å². The molecule has 0 atom stereocenters. The van der Waals surface area contributed by atoms with E-state index in [2.05, 4.69) is 17.3 Å². The summed E-state index contributed by atoms with van der Waals surface area (Å²) >= 11 is 2.03. The number of hydrogen-bond acceptors (Lipinski definition) is 4. The highest BCUT2D eigenvalue weighted by Crippen LogP contribution is 2.20. The van der Waals surface area contributed by atoms with Gasteiger partial charge in [0.05, 0.1) is 6.54 Å². The van der Waals surface area contributed by atoms with Crippen LogP contribution in [0.1, 0.15) is 12.8 Å². The van der Waals surface area contributed by atoms with Gasteiger partial charge in [0.15, 0.2) is 0 Å². The van der Waals surface area contributed by atoms with Gasteiger partial charge in [-0.25, -0.2) is 0 Å². The van der Waals surface area contributed by atoms with Gasteiger partial charge in [-0.05, 0) is 31.4 Å². The molecule has 2 saturated heterocycles. The number of nitrogens with zero attached hydrogens (tertiary/aromatic N) is 2. The van der Waals surface area contributed by atoms with Crippen molar-refractivity contribution in [1.29, 1.82) is 0 Å². The lowest BCUT2D eigenvalue weighted by Gasteiger charge is -2.33. The van der Waals surface area contributed by atoms with E-state index in [1.54, 1.807) is 0 Å². The van der Waals surface area contributed by atoms with Gasteiger partial charge in [-0.2, -0.15) is 11.8 Å². The Balaban J connectivity index is 1.76. The summed E-state index contributed by atoms with van der Waals surface area (Å²) in [5, 5.41) is 3.28. The van der Waals surface area contributed by atoms with Gasteiger partial charge in [0.1, 0.15) is 0 Å². The van der Waals surface area contributed by atoms with Gasteiger partial charge < -0.3 is 10.2 Å². The van der Waals surface area contributed by atoms with Crippen LogP contribution in [0.5, 0.6) is 0 Å². The first-order chi connectivity index (χ1) is 8.27. The first-order valence-corrected chi connectivity index (χ1v) is 7.69. The van der Waals surface area contributed by atoms with Gasteiger partial charge in [0.25, 0.3) is 0 Å². The molecule has 0 saturated carbocycles. The molecule has 17 heavy (non-hydrogen) atoms. The summed E-state index contributed by atoms with van der Waals surface area (Å²) in [6.45, 7) is 4.21. The molecule has 0 aromatic carbocycles. The van der Waals surface area contributed by atoms with Crippen molar-refractivity contribution in [3.8, 4) is 0 Å². The van der Waals surface area contributed by atoms with Gasteiger partial charge in [0.2, 0.25) is 5.91 Å². The Morgan fingerprint density at radius 3 is 2.65 bits per heavy atom. The Kier molecular flexibility index (Phi) is 5.13. The van der Waals surface area contributed by atoms with E-state index in [0.717, 1.165) is 26.2 Å². The number of nitrogens with one attached hydrogen (secondary N) is 1. The molecule has 5 heteroatoms. The molecular weight excluding hydrogens is 234 g/mol. The zero-order valence-corrected chi connectivity index (χ0v) is 11.5.